The van der Waals surface area contributed by atoms with Crippen LogP contribution < -0.4 is 17.2 Å². The fraction of sp³-hybridized carbons (Fsp3) is 0.320. The summed E-state index contributed by atoms with van der Waals surface area (Å²) in [5, 5.41) is 8.83. The summed E-state index contributed by atoms with van der Waals surface area (Å²) >= 11 is 12.1. The number of ether oxygens (including phenoxy) is 1. The molecule has 43 heavy (non-hydrogen) atoms. The maximum atomic E-state index is 14.0. The Bertz CT molecular complexity index is 1670. The number of alkyl halides is 3. The van der Waals surface area contributed by atoms with Gasteiger partial charge in [0, 0.05) is 23.2 Å². The van der Waals surface area contributed by atoms with Crippen LogP contribution >= 0.6 is 23.2 Å². The van der Waals surface area contributed by atoms with Crippen molar-refractivity contribution < 1.29 is 27.5 Å². The van der Waals surface area contributed by atoms with Gasteiger partial charge in [-0.15, -0.1) is 10.2 Å². The van der Waals surface area contributed by atoms with Crippen molar-refractivity contribution in [2.24, 2.45) is 11.5 Å². The Labute approximate surface area is 251 Å². The molecule has 1 atom stereocenters. The van der Waals surface area contributed by atoms with Crippen molar-refractivity contribution in [1.29, 1.82) is 0 Å². The lowest BCUT2D eigenvalue weighted by molar-refractivity contribution is -0.224. The number of carbonyl (C=O) groups excluding carboxylic acids is 2. The molecule has 4 rings (SSSR count). The van der Waals surface area contributed by atoms with Gasteiger partial charge in [0.1, 0.15) is 6.54 Å². The third-order valence-corrected chi connectivity index (χ3v) is 6.50. The van der Waals surface area contributed by atoms with Crippen LogP contribution in [-0.4, -0.2) is 64.8 Å². The maximum Gasteiger partial charge on any atom is 0.427 e. The van der Waals surface area contributed by atoms with Crippen molar-refractivity contribution in [3.63, 3.8) is 0 Å². The Hall–Kier alpha value is -4.28. The number of hydrogen-bond donors (Lipinski definition) is 2. The molecule has 3 aromatic heterocycles. The van der Waals surface area contributed by atoms with E-state index in [2.05, 4.69) is 20.2 Å². The highest BCUT2D eigenvalue weighted by atomic mass is 35.5. The predicted octanol–water partition coefficient (Wildman–Crippen LogP) is 2.74. The number of nitrogens with two attached hydrogens (primary N) is 2. The van der Waals surface area contributed by atoms with Crippen molar-refractivity contribution in [2.75, 3.05) is 6.54 Å². The summed E-state index contributed by atoms with van der Waals surface area (Å²) in [5.74, 6) is -2.74. The average Bonchev–Trinajstić information content (AvgIpc) is 3.50. The first kappa shape index (κ1) is 31.7. The van der Waals surface area contributed by atoms with Crippen molar-refractivity contribution >= 4 is 35.1 Å². The zero-order chi connectivity index (χ0) is 31.3. The summed E-state index contributed by atoms with van der Waals surface area (Å²) < 4.78 is 49.2. The number of nitrogens with zero attached hydrogens (tertiary/aromatic N) is 7. The van der Waals surface area contributed by atoms with E-state index in [4.69, 9.17) is 39.4 Å². The highest BCUT2D eigenvalue weighted by Gasteiger charge is 2.44. The van der Waals surface area contributed by atoms with Crippen LogP contribution in [-0.2, 0) is 22.6 Å². The summed E-state index contributed by atoms with van der Waals surface area (Å²) in [6.45, 7) is -1.32. The van der Waals surface area contributed by atoms with E-state index in [0.29, 0.717) is 11.4 Å². The van der Waals surface area contributed by atoms with Crippen LogP contribution in [0.15, 0.2) is 47.4 Å². The third kappa shape index (κ3) is 7.57. The number of unbranched alkanes of at least 4 members (excludes halogenated alkanes) is 1. The number of benzene rings is 1. The molecule has 0 bridgehead atoms. The van der Waals surface area contributed by atoms with Gasteiger partial charge in [0.2, 0.25) is 11.9 Å². The zero-order valence-electron chi connectivity index (χ0n) is 22.2. The van der Waals surface area contributed by atoms with Crippen LogP contribution in [0.3, 0.4) is 0 Å². The van der Waals surface area contributed by atoms with Gasteiger partial charge in [-0.2, -0.15) is 17.9 Å². The van der Waals surface area contributed by atoms with E-state index in [1.807, 2.05) is 0 Å². The molecule has 0 radical (unpaired) electrons. The Balaban J connectivity index is 1.74. The summed E-state index contributed by atoms with van der Waals surface area (Å²) in [4.78, 5) is 45.8. The summed E-state index contributed by atoms with van der Waals surface area (Å²) in [5.41, 5.74) is 10.1. The molecule has 0 saturated carbocycles. The normalized spacial score (nSPS) is 12.3. The number of rotatable bonds is 12. The Morgan fingerprint density at radius 3 is 2.42 bits per heavy atom. The smallest absolute Gasteiger partial charge is 0.427 e. The number of halogens is 5. The van der Waals surface area contributed by atoms with Gasteiger partial charge in [-0.25, -0.2) is 19.4 Å². The number of amides is 1. The van der Waals surface area contributed by atoms with Crippen LogP contribution in [0.1, 0.15) is 35.7 Å². The van der Waals surface area contributed by atoms with Crippen LogP contribution in [0.4, 0.5) is 13.2 Å². The minimum Gasteiger partial charge on any atom is -0.451 e. The van der Waals surface area contributed by atoms with Crippen LogP contribution in [0.5, 0.6) is 0 Å². The molecule has 13 nitrogen and oxygen atoms in total. The molecule has 18 heteroatoms. The predicted molar refractivity (Wildman–Crippen MR) is 148 cm³/mol. The van der Waals surface area contributed by atoms with E-state index in [1.165, 1.54) is 36.5 Å². The molecular formula is C25H24Cl2F3N9O4. The zero-order valence-corrected chi connectivity index (χ0v) is 23.7. The van der Waals surface area contributed by atoms with Gasteiger partial charge in [-0.1, -0.05) is 23.2 Å². The minimum atomic E-state index is -5.01. The van der Waals surface area contributed by atoms with E-state index < -0.39 is 42.9 Å². The first-order valence-corrected chi connectivity index (χ1v) is 13.4. The second kappa shape index (κ2) is 13.4. The third-order valence-electron chi connectivity index (χ3n) is 5.95. The fourth-order valence-corrected chi connectivity index (χ4v) is 4.25. The highest BCUT2D eigenvalue weighted by molar-refractivity contribution is 6.32. The topological polar surface area (TPSA) is 179 Å². The summed E-state index contributed by atoms with van der Waals surface area (Å²) in [7, 11) is 0. The van der Waals surface area contributed by atoms with E-state index >= 15 is 0 Å². The van der Waals surface area contributed by atoms with Gasteiger partial charge in [-0.3, -0.25) is 14.2 Å². The van der Waals surface area contributed by atoms with Crippen LogP contribution in [0.2, 0.25) is 10.0 Å². The first-order valence-electron chi connectivity index (χ1n) is 12.7. The molecule has 0 aliphatic heterocycles. The number of primary amides is 1. The van der Waals surface area contributed by atoms with Gasteiger partial charge in [0.15, 0.2) is 17.5 Å². The molecular weight excluding hydrogens is 618 g/mol. The SMILES string of the molecule is NCCCCC(=O)O[C@@H](Cn1c(-c2ccc(Cl)cc2)nn(Cc2nc(C(N)=O)n(-c3ncccc3Cl)n2)c1=O)C(F)(F)F. The quantitative estimate of drug-likeness (QED) is 0.174. The van der Waals surface area contributed by atoms with Gasteiger partial charge < -0.3 is 16.2 Å². The molecule has 0 aliphatic carbocycles. The van der Waals surface area contributed by atoms with Crippen molar-refractivity contribution in [2.45, 2.75) is 44.6 Å². The van der Waals surface area contributed by atoms with Gasteiger partial charge >= 0.3 is 17.8 Å². The van der Waals surface area contributed by atoms with E-state index in [0.717, 1.165) is 13.9 Å². The van der Waals surface area contributed by atoms with E-state index in [1.54, 1.807) is 6.07 Å². The molecule has 1 amide bonds. The molecule has 0 fully saturated rings. The second-order valence-corrected chi connectivity index (χ2v) is 9.93. The summed E-state index contributed by atoms with van der Waals surface area (Å²) in [6.07, 6.45) is -5.90. The first-order chi connectivity index (χ1) is 20.4. The number of aromatic nitrogens is 7. The molecule has 228 valence electrons. The molecule has 3 heterocycles. The van der Waals surface area contributed by atoms with Crippen molar-refractivity contribution in [1.82, 2.24) is 34.1 Å². The van der Waals surface area contributed by atoms with E-state index in [-0.39, 0.29) is 53.3 Å². The lowest BCUT2D eigenvalue weighted by atomic mass is 10.2. The highest BCUT2D eigenvalue weighted by Crippen LogP contribution is 2.27. The van der Waals surface area contributed by atoms with Gasteiger partial charge in [-0.05, 0) is 55.8 Å². The molecule has 4 aromatic rings. The van der Waals surface area contributed by atoms with Crippen molar-refractivity contribution in [3.8, 4) is 17.2 Å². The monoisotopic (exact) mass is 641 g/mol. The fourth-order valence-electron chi connectivity index (χ4n) is 3.92. The lowest BCUT2D eigenvalue weighted by Crippen LogP contribution is -2.40. The number of pyridine rings is 1. The number of carbonyl (C=O) groups is 2. The molecule has 0 saturated heterocycles. The number of hydrogen-bond acceptors (Lipinski definition) is 9. The molecule has 0 spiro atoms. The second-order valence-electron chi connectivity index (χ2n) is 9.08. The molecule has 4 N–H and O–H groups in total. The lowest BCUT2D eigenvalue weighted by Gasteiger charge is -2.21. The Kier molecular flexibility index (Phi) is 9.83. The Morgan fingerprint density at radius 2 is 1.79 bits per heavy atom. The minimum absolute atomic E-state index is 0.0257. The summed E-state index contributed by atoms with van der Waals surface area (Å²) in [6, 6.07) is 8.86. The molecule has 0 aliphatic rings. The molecule has 0 unspecified atom stereocenters. The number of esters is 1. The van der Waals surface area contributed by atoms with Crippen molar-refractivity contribution in [3.05, 3.63) is 74.8 Å². The van der Waals surface area contributed by atoms with E-state index in [9.17, 15) is 27.6 Å². The standard InChI is InChI=1S/C25H24Cl2F3N9O4/c26-15-8-6-14(7-9-15)21-36-38(13-18-34-23(20(32)41)39(35-18)22-16(27)4-3-11-33-22)24(42)37(21)12-17(25(28,29)30)43-19(40)5-1-2-10-31/h3-4,6-9,11,17H,1-2,5,10,12-13,31H2,(H2,32,41)/t17-/m0/s1. The van der Waals surface area contributed by atoms with Gasteiger partial charge in [0.25, 0.3) is 5.91 Å². The largest absolute Gasteiger partial charge is 0.451 e. The average molecular weight is 642 g/mol. The van der Waals surface area contributed by atoms with Crippen LogP contribution in [0.25, 0.3) is 17.2 Å². The van der Waals surface area contributed by atoms with Crippen LogP contribution in [0, 0.1) is 0 Å². The molecule has 1 aromatic carbocycles. The Morgan fingerprint density at radius 1 is 1.07 bits per heavy atom. The van der Waals surface area contributed by atoms with Gasteiger partial charge in [0.05, 0.1) is 11.6 Å². The maximum absolute atomic E-state index is 14.0.